The van der Waals surface area contributed by atoms with Gasteiger partial charge >= 0.3 is 6.03 Å². The maximum absolute atomic E-state index is 12.0. The van der Waals surface area contributed by atoms with Crippen molar-refractivity contribution in [2.75, 3.05) is 10.6 Å². The lowest BCUT2D eigenvalue weighted by Crippen LogP contribution is -2.19. The lowest BCUT2D eigenvalue weighted by molar-refractivity contribution is 0.262. The zero-order valence-corrected chi connectivity index (χ0v) is 14.1. The van der Waals surface area contributed by atoms with E-state index in [1.165, 1.54) is 0 Å². The summed E-state index contributed by atoms with van der Waals surface area (Å²) in [5.74, 6) is 0.111. The summed E-state index contributed by atoms with van der Waals surface area (Å²) >= 11 is 12.8. The average molecular weight is 355 g/mol. The third-order valence-corrected chi connectivity index (χ3v) is 4.30. The lowest BCUT2D eigenvalue weighted by atomic mass is 10.1. The van der Waals surface area contributed by atoms with E-state index in [4.69, 9.17) is 23.2 Å². The number of hydrogen-bond donors (Lipinski definition) is 2. The van der Waals surface area contributed by atoms with Crippen molar-refractivity contribution in [3.63, 3.8) is 0 Å². The first-order valence-corrected chi connectivity index (χ1v) is 7.88. The Labute approximate surface area is 142 Å². The van der Waals surface area contributed by atoms with E-state index in [1.807, 2.05) is 13.8 Å². The molecule has 0 saturated heterocycles. The molecule has 0 saturated carbocycles. The minimum Gasteiger partial charge on any atom is -0.308 e. The van der Waals surface area contributed by atoms with Crippen LogP contribution in [0.4, 0.5) is 15.5 Å². The number of benzene rings is 1. The summed E-state index contributed by atoms with van der Waals surface area (Å²) in [6, 6.07) is 6.36. The monoisotopic (exact) mass is 354 g/mol. The molecule has 1 aromatic carbocycles. The van der Waals surface area contributed by atoms with E-state index in [2.05, 4.69) is 21.1 Å². The number of nitrogens with zero attached hydrogens (tertiary/aromatic N) is 2. The Bertz CT molecular complexity index is 752. The number of hydrogen-bond acceptors (Lipinski definition) is 4. The predicted molar refractivity (Wildman–Crippen MR) is 90.0 cm³/mol. The Morgan fingerprint density at radius 1 is 1.32 bits per heavy atom. The molecule has 1 aromatic heterocycles. The maximum Gasteiger partial charge on any atom is 0.324 e. The molecule has 8 heteroatoms. The van der Waals surface area contributed by atoms with Crippen molar-refractivity contribution in [1.29, 1.82) is 5.26 Å². The molecule has 0 aliphatic rings. The zero-order chi connectivity index (χ0) is 16.3. The van der Waals surface area contributed by atoms with Gasteiger partial charge in [0.2, 0.25) is 0 Å². The number of carbonyl (C=O) groups excluding carboxylic acids is 1. The van der Waals surface area contributed by atoms with Gasteiger partial charge in [-0.2, -0.15) is 9.64 Å². The van der Waals surface area contributed by atoms with Crippen LogP contribution in [0.1, 0.15) is 31.0 Å². The lowest BCUT2D eigenvalue weighted by Gasteiger charge is -2.07. The molecule has 0 aliphatic heterocycles. The van der Waals surface area contributed by atoms with E-state index in [0.29, 0.717) is 32.0 Å². The Balaban J connectivity index is 2.12. The molecule has 0 atom stereocenters. The zero-order valence-electron chi connectivity index (χ0n) is 11.8. The minimum atomic E-state index is -0.478. The summed E-state index contributed by atoms with van der Waals surface area (Å²) in [5.41, 5.74) is 1.57. The number of halogens is 2. The van der Waals surface area contributed by atoms with Crippen molar-refractivity contribution in [2.45, 2.75) is 19.8 Å². The molecule has 114 valence electrons. The highest BCUT2D eigenvalue weighted by atomic mass is 35.5. The molecule has 0 fully saturated rings. The SMILES string of the molecule is CC(C)c1nsc(NC(=O)Nc2ccc(Cl)c(Cl)c2)c1C#N. The molecule has 0 spiro atoms. The van der Waals surface area contributed by atoms with Gasteiger partial charge in [-0.1, -0.05) is 37.0 Å². The van der Waals surface area contributed by atoms with Gasteiger partial charge in [0.05, 0.1) is 15.7 Å². The number of urea groups is 1. The second kappa shape index (κ2) is 6.97. The molecule has 0 bridgehead atoms. The standard InChI is InChI=1S/C14H12Cl2N4OS/c1-7(2)12-9(6-17)13(22-20-12)19-14(21)18-8-3-4-10(15)11(16)5-8/h3-5,7H,1-2H3,(H2,18,19,21). The molecule has 0 aliphatic carbocycles. The molecule has 2 aromatic rings. The van der Waals surface area contributed by atoms with Crippen molar-refractivity contribution >= 4 is 51.5 Å². The van der Waals surface area contributed by atoms with Crippen molar-refractivity contribution in [2.24, 2.45) is 0 Å². The fraction of sp³-hybridized carbons (Fsp3) is 0.214. The molecule has 22 heavy (non-hydrogen) atoms. The number of aromatic nitrogens is 1. The number of anilines is 2. The van der Waals surface area contributed by atoms with Crippen LogP contribution in [0.3, 0.4) is 0 Å². The second-order valence-corrected chi connectivity index (χ2v) is 6.33. The van der Waals surface area contributed by atoms with Crippen LogP contribution in [-0.2, 0) is 0 Å². The Hall–Kier alpha value is -1.81. The van der Waals surface area contributed by atoms with Gasteiger partial charge in [-0.25, -0.2) is 4.79 Å². The van der Waals surface area contributed by atoms with Crippen LogP contribution in [0.2, 0.25) is 10.0 Å². The fourth-order valence-corrected chi connectivity index (χ4v) is 2.90. The van der Waals surface area contributed by atoms with Gasteiger partial charge in [-0.15, -0.1) is 0 Å². The summed E-state index contributed by atoms with van der Waals surface area (Å²) in [6.07, 6.45) is 0. The number of nitriles is 1. The van der Waals surface area contributed by atoms with Crippen LogP contribution >= 0.6 is 34.7 Å². The average Bonchev–Trinajstić information content (AvgIpc) is 2.85. The number of nitrogens with one attached hydrogen (secondary N) is 2. The van der Waals surface area contributed by atoms with Crippen LogP contribution in [-0.4, -0.2) is 10.4 Å². The number of carbonyl (C=O) groups is 1. The van der Waals surface area contributed by atoms with E-state index in [1.54, 1.807) is 18.2 Å². The van der Waals surface area contributed by atoms with Gasteiger partial charge in [0.25, 0.3) is 0 Å². The quantitative estimate of drug-likeness (QED) is 0.805. The predicted octanol–water partition coefficient (Wildman–Crippen LogP) is 5.09. The smallest absolute Gasteiger partial charge is 0.308 e. The van der Waals surface area contributed by atoms with Gasteiger partial charge in [0, 0.05) is 5.69 Å². The Morgan fingerprint density at radius 3 is 2.64 bits per heavy atom. The van der Waals surface area contributed by atoms with Crippen molar-refractivity contribution in [1.82, 2.24) is 4.37 Å². The van der Waals surface area contributed by atoms with Gasteiger partial charge < -0.3 is 5.32 Å². The van der Waals surface area contributed by atoms with Crippen LogP contribution < -0.4 is 10.6 Å². The summed E-state index contributed by atoms with van der Waals surface area (Å²) < 4.78 is 4.21. The summed E-state index contributed by atoms with van der Waals surface area (Å²) in [4.78, 5) is 12.0. The van der Waals surface area contributed by atoms with Crippen LogP contribution in [0.15, 0.2) is 18.2 Å². The molecule has 2 amide bonds. The molecule has 0 unspecified atom stereocenters. The van der Waals surface area contributed by atoms with Crippen molar-refractivity contribution < 1.29 is 4.79 Å². The molecule has 1 heterocycles. The van der Waals surface area contributed by atoms with Crippen LogP contribution in [0, 0.1) is 11.3 Å². The molecular weight excluding hydrogens is 343 g/mol. The van der Waals surface area contributed by atoms with Gasteiger partial charge in [0.1, 0.15) is 16.6 Å². The van der Waals surface area contributed by atoms with Gasteiger partial charge in [-0.05, 0) is 35.6 Å². The molecule has 5 nitrogen and oxygen atoms in total. The second-order valence-electron chi connectivity index (χ2n) is 4.75. The van der Waals surface area contributed by atoms with E-state index < -0.39 is 6.03 Å². The molecular formula is C14H12Cl2N4OS. The molecule has 2 N–H and O–H groups in total. The first-order chi connectivity index (χ1) is 10.4. The molecule has 2 rings (SSSR count). The normalized spacial score (nSPS) is 10.4. The highest BCUT2D eigenvalue weighted by Gasteiger charge is 2.18. The maximum atomic E-state index is 12.0. The van der Waals surface area contributed by atoms with E-state index in [-0.39, 0.29) is 5.92 Å². The third-order valence-electron chi connectivity index (χ3n) is 2.78. The fourth-order valence-electron chi connectivity index (χ4n) is 1.73. The first-order valence-electron chi connectivity index (χ1n) is 6.35. The van der Waals surface area contributed by atoms with Crippen LogP contribution in [0.5, 0.6) is 0 Å². The van der Waals surface area contributed by atoms with Crippen molar-refractivity contribution in [3.8, 4) is 6.07 Å². The van der Waals surface area contributed by atoms with Gasteiger partial charge in [0.15, 0.2) is 0 Å². The third kappa shape index (κ3) is 3.69. The number of rotatable bonds is 3. The highest BCUT2D eigenvalue weighted by molar-refractivity contribution is 7.10. The molecule has 0 radical (unpaired) electrons. The van der Waals surface area contributed by atoms with E-state index >= 15 is 0 Å². The largest absolute Gasteiger partial charge is 0.324 e. The Kier molecular flexibility index (Phi) is 5.24. The van der Waals surface area contributed by atoms with Crippen LogP contribution in [0.25, 0.3) is 0 Å². The van der Waals surface area contributed by atoms with Gasteiger partial charge in [-0.3, -0.25) is 5.32 Å². The highest BCUT2D eigenvalue weighted by Crippen LogP contribution is 2.29. The topological polar surface area (TPSA) is 77.8 Å². The summed E-state index contributed by atoms with van der Waals surface area (Å²) in [6.45, 7) is 3.88. The first kappa shape index (κ1) is 16.6. The summed E-state index contributed by atoms with van der Waals surface area (Å²) in [7, 11) is 0. The Morgan fingerprint density at radius 2 is 2.05 bits per heavy atom. The summed E-state index contributed by atoms with van der Waals surface area (Å²) in [5, 5.41) is 15.6. The van der Waals surface area contributed by atoms with E-state index in [9.17, 15) is 10.1 Å². The van der Waals surface area contributed by atoms with E-state index in [0.717, 1.165) is 11.5 Å². The van der Waals surface area contributed by atoms with Crippen molar-refractivity contribution in [3.05, 3.63) is 39.5 Å². The number of amides is 2. The minimum absolute atomic E-state index is 0.111.